The Labute approximate surface area is 125 Å². The predicted octanol–water partition coefficient (Wildman–Crippen LogP) is 2.76. The van der Waals surface area contributed by atoms with Crippen molar-refractivity contribution in [2.75, 3.05) is 7.11 Å². The monoisotopic (exact) mass is 313 g/mol. The van der Waals surface area contributed by atoms with Gasteiger partial charge in [-0.15, -0.1) is 0 Å². The molecule has 1 atom stereocenters. The van der Waals surface area contributed by atoms with Crippen molar-refractivity contribution in [2.45, 2.75) is 25.4 Å². The van der Waals surface area contributed by atoms with Gasteiger partial charge in [-0.1, -0.05) is 12.1 Å². The van der Waals surface area contributed by atoms with E-state index < -0.39 is 23.6 Å². The van der Waals surface area contributed by atoms with Crippen molar-refractivity contribution in [2.24, 2.45) is 0 Å². The van der Waals surface area contributed by atoms with E-state index in [0.29, 0.717) is 11.3 Å². The molecule has 0 saturated carbocycles. The average Bonchev–Trinajstić information content (AvgIpc) is 2.45. The van der Waals surface area contributed by atoms with Crippen LogP contribution in [-0.2, 0) is 20.5 Å². The van der Waals surface area contributed by atoms with E-state index in [1.807, 2.05) is 0 Å². The summed E-state index contributed by atoms with van der Waals surface area (Å²) in [6, 6.07) is 4.43. The highest BCUT2D eigenvalue weighted by Gasteiger charge is 2.34. The molecule has 1 N–H and O–H groups in total. The first-order valence-corrected chi connectivity index (χ1v) is 6.50. The number of amides is 1. The van der Waals surface area contributed by atoms with Crippen LogP contribution in [-0.4, -0.2) is 19.0 Å². The van der Waals surface area contributed by atoms with E-state index in [1.54, 1.807) is 6.92 Å². The first kappa shape index (κ1) is 16.1. The fraction of sp³-hybridized carbons (Fsp3) is 0.333. The number of halogens is 3. The predicted molar refractivity (Wildman–Crippen MR) is 71.7 cm³/mol. The number of benzene rings is 1. The molecule has 1 aromatic rings. The Balaban J connectivity index is 2.42. The average molecular weight is 313 g/mol. The van der Waals surface area contributed by atoms with Gasteiger partial charge in [0.25, 0.3) is 0 Å². The standard InChI is InChI=1S/C15H14F3NO3/c1-8-13(14(21)22-2)11(7-12(20)19-8)9-3-5-10(6-4-9)15(16,17)18/h3-6,11H,7H2,1-2H3,(H,19,20)/t11-/m1/s1. The molecule has 1 amide bonds. The number of hydrogen-bond acceptors (Lipinski definition) is 3. The number of nitrogens with one attached hydrogen (secondary N) is 1. The van der Waals surface area contributed by atoms with Crippen LogP contribution in [0.3, 0.4) is 0 Å². The van der Waals surface area contributed by atoms with Crippen LogP contribution >= 0.6 is 0 Å². The molecule has 118 valence electrons. The zero-order chi connectivity index (χ0) is 16.5. The van der Waals surface area contributed by atoms with Gasteiger partial charge in [-0.2, -0.15) is 13.2 Å². The summed E-state index contributed by atoms with van der Waals surface area (Å²) in [4.78, 5) is 23.5. The molecule has 0 aliphatic carbocycles. The van der Waals surface area contributed by atoms with Crippen molar-refractivity contribution in [1.82, 2.24) is 5.32 Å². The fourth-order valence-corrected chi connectivity index (χ4v) is 2.47. The smallest absolute Gasteiger partial charge is 0.416 e. The van der Waals surface area contributed by atoms with Crippen LogP contribution in [0.5, 0.6) is 0 Å². The van der Waals surface area contributed by atoms with Gasteiger partial charge in [-0.25, -0.2) is 4.79 Å². The highest BCUT2D eigenvalue weighted by molar-refractivity contribution is 5.95. The zero-order valence-electron chi connectivity index (χ0n) is 12.0. The third-order valence-corrected chi connectivity index (χ3v) is 3.51. The van der Waals surface area contributed by atoms with Crippen LogP contribution in [0.1, 0.15) is 30.4 Å². The first-order chi connectivity index (χ1) is 10.2. The minimum atomic E-state index is -4.43. The highest BCUT2D eigenvalue weighted by atomic mass is 19.4. The fourth-order valence-electron chi connectivity index (χ4n) is 2.47. The Bertz CT molecular complexity index is 632. The summed E-state index contributed by atoms with van der Waals surface area (Å²) in [5, 5.41) is 2.54. The van der Waals surface area contributed by atoms with Gasteiger partial charge in [-0.3, -0.25) is 4.79 Å². The molecule has 0 fully saturated rings. The molecule has 2 rings (SSSR count). The van der Waals surface area contributed by atoms with Gasteiger partial charge >= 0.3 is 12.1 Å². The van der Waals surface area contributed by atoms with Crippen molar-refractivity contribution in [3.8, 4) is 0 Å². The number of allylic oxidation sites excluding steroid dienone is 1. The van der Waals surface area contributed by atoms with Crippen LogP contribution in [0.15, 0.2) is 35.5 Å². The van der Waals surface area contributed by atoms with Gasteiger partial charge in [0, 0.05) is 18.0 Å². The molecule has 1 aliphatic heterocycles. The van der Waals surface area contributed by atoms with E-state index in [0.717, 1.165) is 12.1 Å². The van der Waals surface area contributed by atoms with Crippen LogP contribution in [0, 0.1) is 0 Å². The number of rotatable bonds is 2. The minimum Gasteiger partial charge on any atom is -0.466 e. The largest absolute Gasteiger partial charge is 0.466 e. The molecule has 0 spiro atoms. The molecular formula is C15H14F3NO3. The quantitative estimate of drug-likeness (QED) is 0.854. The summed E-state index contributed by atoms with van der Waals surface area (Å²) in [5.41, 5.74) is 0.286. The maximum atomic E-state index is 12.6. The van der Waals surface area contributed by atoms with Gasteiger partial charge in [-0.05, 0) is 24.6 Å². The maximum Gasteiger partial charge on any atom is 0.416 e. The maximum absolute atomic E-state index is 12.6. The molecule has 1 aliphatic rings. The molecule has 0 saturated heterocycles. The van der Waals surface area contributed by atoms with E-state index in [9.17, 15) is 22.8 Å². The molecular weight excluding hydrogens is 299 g/mol. The number of methoxy groups -OCH3 is 1. The number of carbonyl (C=O) groups is 2. The number of alkyl halides is 3. The Morgan fingerprint density at radius 3 is 2.36 bits per heavy atom. The van der Waals surface area contributed by atoms with E-state index >= 15 is 0 Å². The third-order valence-electron chi connectivity index (χ3n) is 3.51. The summed E-state index contributed by atoms with van der Waals surface area (Å²) in [6.45, 7) is 1.56. The lowest BCUT2D eigenvalue weighted by Crippen LogP contribution is -2.34. The molecule has 1 heterocycles. The Kier molecular flexibility index (Phi) is 4.25. The van der Waals surface area contributed by atoms with Crippen molar-refractivity contribution in [3.05, 3.63) is 46.7 Å². The van der Waals surface area contributed by atoms with Crippen molar-refractivity contribution < 1.29 is 27.5 Å². The van der Waals surface area contributed by atoms with E-state index in [-0.39, 0.29) is 17.9 Å². The lowest BCUT2D eigenvalue weighted by Gasteiger charge is -2.26. The Morgan fingerprint density at radius 1 is 1.27 bits per heavy atom. The van der Waals surface area contributed by atoms with Gasteiger partial charge in [0.1, 0.15) is 0 Å². The lowest BCUT2D eigenvalue weighted by atomic mass is 9.84. The van der Waals surface area contributed by atoms with Crippen LogP contribution in [0.25, 0.3) is 0 Å². The van der Waals surface area contributed by atoms with E-state index in [4.69, 9.17) is 4.74 Å². The number of ether oxygens (including phenoxy) is 1. The number of carbonyl (C=O) groups excluding carboxylic acids is 2. The summed E-state index contributed by atoms with van der Waals surface area (Å²) in [5.74, 6) is -1.53. The molecule has 22 heavy (non-hydrogen) atoms. The SMILES string of the molecule is COC(=O)C1=C(C)NC(=O)C[C@@H]1c1ccc(C(F)(F)F)cc1. The molecule has 0 aromatic heterocycles. The lowest BCUT2D eigenvalue weighted by molar-refractivity contribution is -0.138. The van der Waals surface area contributed by atoms with E-state index in [1.165, 1.54) is 19.2 Å². The van der Waals surface area contributed by atoms with Crippen molar-refractivity contribution in [1.29, 1.82) is 0 Å². The first-order valence-electron chi connectivity index (χ1n) is 6.50. The molecule has 0 bridgehead atoms. The van der Waals surface area contributed by atoms with Crippen molar-refractivity contribution in [3.63, 3.8) is 0 Å². The van der Waals surface area contributed by atoms with E-state index in [2.05, 4.69) is 5.32 Å². The van der Waals surface area contributed by atoms with Gasteiger partial charge in [0.15, 0.2) is 0 Å². The second kappa shape index (κ2) is 5.82. The second-order valence-corrected chi connectivity index (χ2v) is 4.95. The third kappa shape index (κ3) is 3.13. The summed E-state index contributed by atoms with van der Waals surface area (Å²) < 4.78 is 42.5. The second-order valence-electron chi connectivity index (χ2n) is 4.95. The molecule has 0 radical (unpaired) electrons. The van der Waals surface area contributed by atoms with Gasteiger partial charge in [0.05, 0.1) is 18.2 Å². The molecule has 7 heteroatoms. The molecule has 4 nitrogen and oxygen atoms in total. The van der Waals surface area contributed by atoms with Crippen LogP contribution in [0.4, 0.5) is 13.2 Å². The zero-order valence-corrected chi connectivity index (χ0v) is 12.0. The normalized spacial score (nSPS) is 19.0. The Morgan fingerprint density at radius 2 is 1.86 bits per heavy atom. The van der Waals surface area contributed by atoms with Crippen LogP contribution < -0.4 is 5.32 Å². The summed E-state index contributed by atoms with van der Waals surface area (Å²) >= 11 is 0. The Hall–Kier alpha value is -2.31. The summed E-state index contributed by atoms with van der Waals surface area (Å²) in [6.07, 6.45) is -4.45. The minimum absolute atomic E-state index is 0.0207. The number of esters is 1. The van der Waals surface area contributed by atoms with Gasteiger partial charge < -0.3 is 10.1 Å². The topological polar surface area (TPSA) is 55.4 Å². The highest BCUT2D eigenvalue weighted by Crippen LogP contribution is 2.35. The molecule has 0 unspecified atom stereocenters. The summed E-state index contributed by atoms with van der Waals surface area (Å²) in [7, 11) is 1.21. The van der Waals surface area contributed by atoms with Crippen LogP contribution in [0.2, 0.25) is 0 Å². The van der Waals surface area contributed by atoms with Gasteiger partial charge in [0.2, 0.25) is 5.91 Å². The number of hydrogen-bond donors (Lipinski definition) is 1. The molecule has 1 aromatic carbocycles. The van der Waals surface area contributed by atoms with Crippen molar-refractivity contribution >= 4 is 11.9 Å².